The molecular formula is C20H17ClF9N3O3. The first-order chi connectivity index (χ1) is 16.1. The number of esters is 1. The number of nitrogens with zero attached hydrogens (tertiary/aromatic N) is 3. The number of carbonyl (C=O) groups is 1. The Morgan fingerprint density at radius 1 is 0.972 bits per heavy atom. The molecule has 36 heavy (non-hydrogen) atoms. The van der Waals surface area contributed by atoms with Gasteiger partial charge < -0.3 is 9.47 Å². The van der Waals surface area contributed by atoms with E-state index in [-0.39, 0.29) is 12.1 Å². The molecule has 0 N–H and O–H groups in total. The van der Waals surface area contributed by atoms with E-state index in [0.717, 1.165) is 7.05 Å². The number of carbonyl (C=O) groups excluding carboxylic acids is 1. The van der Waals surface area contributed by atoms with Crippen LogP contribution in [0.3, 0.4) is 0 Å². The van der Waals surface area contributed by atoms with Crippen molar-refractivity contribution in [3.63, 3.8) is 0 Å². The number of halogens is 10. The van der Waals surface area contributed by atoms with Crippen LogP contribution in [0.2, 0.25) is 5.02 Å². The van der Waals surface area contributed by atoms with Crippen LogP contribution in [0, 0.1) is 5.41 Å². The third-order valence-electron chi connectivity index (χ3n) is 4.32. The van der Waals surface area contributed by atoms with Crippen LogP contribution in [-0.4, -0.2) is 22.3 Å². The predicted octanol–water partition coefficient (Wildman–Crippen LogP) is 6.29. The van der Waals surface area contributed by atoms with E-state index in [4.69, 9.17) is 21.1 Å². The predicted molar refractivity (Wildman–Crippen MR) is 106 cm³/mol. The molecule has 1 heterocycles. The molecule has 0 atom stereocenters. The van der Waals surface area contributed by atoms with Gasteiger partial charge in [-0.3, -0.25) is 9.36 Å². The first-order valence-corrected chi connectivity index (χ1v) is 9.98. The number of benzene rings is 1. The topological polar surface area (TPSA) is 65.7 Å². The molecule has 0 saturated heterocycles. The molecule has 6 nitrogen and oxygen atoms in total. The van der Waals surface area contributed by atoms with Gasteiger partial charge in [0.05, 0.1) is 27.3 Å². The van der Waals surface area contributed by atoms with Gasteiger partial charge in [0.1, 0.15) is 0 Å². The number of alkyl halides is 9. The van der Waals surface area contributed by atoms with E-state index in [1.165, 1.54) is 20.8 Å². The molecule has 200 valence electrons. The highest BCUT2D eigenvalue weighted by Crippen LogP contribution is 2.43. The lowest BCUT2D eigenvalue weighted by Gasteiger charge is -2.18. The number of aromatic nitrogens is 2. The molecule has 0 amide bonds. The van der Waals surface area contributed by atoms with E-state index in [9.17, 15) is 44.3 Å². The molecule has 2 aromatic rings. The fraction of sp³-hybridized carbons (Fsp3) is 0.450. The van der Waals surface area contributed by atoms with Crippen LogP contribution in [0.4, 0.5) is 45.2 Å². The van der Waals surface area contributed by atoms with Crippen LogP contribution in [0.25, 0.3) is 0 Å². The first kappa shape index (κ1) is 29.3. The van der Waals surface area contributed by atoms with Crippen molar-refractivity contribution in [1.29, 1.82) is 0 Å². The zero-order valence-corrected chi connectivity index (χ0v) is 19.5. The summed E-state index contributed by atoms with van der Waals surface area (Å²) in [5.41, 5.74) is -8.47. The van der Waals surface area contributed by atoms with Gasteiger partial charge in [-0.1, -0.05) is 11.6 Å². The molecular weight excluding hydrogens is 537 g/mol. The van der Waals surface area contributed by atoms with Crippen molar-refractivity contribution in [3.8, 4) is 5.88 Å². The van der Waals surface area contributed by atoms with Gasteiger partial charge in [0.2, 0.25) is 18.3 Å². The minimum atomic E-state index is -5.34. The lowest BCUT2D eigenvalue weighted by molar-refractivity contribution is -0.160. The van der Waals surface area contributed by atoms with Crippen LogP contribution in [0.15, 0.2) is 23.2 Å². The number of ether oxygens (including phenoxy) is 2. The molecule has 0 saturated carbocycles. The summed E-state index contributed by atoms with van der Waals surface area (Å²) in [4.78, 5) is 18.4. The summed E-state index contributed by atoms with van der Waals surface area (Å²) in [6.07, 6.45) is -15.7. The summed E-state index contributed by atoms with van der Waals surface area (Å²) in [6.45, 7) is 3.62. The second-order valence-corrected chi connectivity index (χ2v) is 8.62. The summed E-state index contributed by atoms with van der Waals surface area (Å²) in [5, 5.41) is -1.30. The maximum absolute atomic E-state index is 13.4. The molecule has 0 aliphatic rings. The lowest BCUT2D eigenvalue weighted by atomic mass is 9.98. The molecule has 0 spiro atoms. The van der Waals surface area contributed by atoms with E-state index in [1.54, 1.807) is 0 Å². The lowest BCUT2D eigenvalue weighted by Crippen LogP contribution is -2.29. The molecule has 16 heteroatoms. The Morgan fingerprint density at radius 3 is 2.03 bits per heavy atom. The minimum Gasteiger partial charge on any atom is -0.442 e. The highest BCUT2D eigenvalue weighted by molar-refractivity contribution is 6.33. The van der Waals surface area contributed by atoms with Crippen molar-refractivity contribution in [2.24, 2.45) is 17.5 Å². The average Bonchev–Trinajstić information content (AvgIpc) is 2.68. The third kappa shape index (κ3) is 7.04. The van der Waals surface area contributed by atoms with Crippen molar-refractivity contribution < 1.29 is 53.8 Å². The van der Waals surface area contributed by atoms with Gasteiger partial charge in [0.15, 0.2) is 5.69 Å². The summed E-state index contributed by atoms with van der Waals surface area (Å²) in [7, 11) is 1.01. The van der Waals surface area contributed by atoms with Crippen LogP contribution < -0.4 is 10.4 Å². The zero-order valence-electron chi connectivity index (χ0n) is 18.8. The van der Waals surface area contributed by atoms with Gasteiger partial charge in [-0.2, -0.15) is 39.5 Å². The van der Waals surface area contributed by atoms with E-state index < -0.39 is 75.7 Å². The molecule has 0 unspecified atom stereocenters. The Bertz CT molecular complexity index is 1210. The van der Waals surface area contributed by atoms with Gasteiger partial charge in [-0.05, 0) is 32.9 Å². The van der Waals surface area contributed by atoms with Crippen molar-refractivity contribution in [2.75, 3.05) is 6.79 Å². The van der Waals surface area contributed by atoms with Gasteiger partial charge >= 0.3 is 24.5 Å². The molecule has 0 fully saturated rings. The Kier molecular flexibility index (Phi) is 7.99. The Morgan fingerprint density at radius 2 is 1.56 bits per heavy atom. The molecule has 0 aliphatic heterocycles. The SMILES string of the molecule is Cn1c(OCOC(=O)C(C)(C)C)cc(C(F)(F)F)nc1=Nc1cc(C(F)(F)F)cc(C(F)(F)F)c1Cl. The summed E-state index contributed by atoms with van der Waals surface area (Å²) in [5.74, 6) is -1.44. The van der Waals surface area contributed by atoms with E-state index >= 15 is 0 Å². The van der Waals surface area contributed by atoms with Crippen molar-refractivity contribution in [2.45, 2.75) is 39.3 Å². The Balaban J connectivity index is 2.72. The van der Waals surface area contributed by atoms with Crippen molar-refractivity contribution >= 4 is 23.3 Å². The maximum Gasteiger partial charge on any atom is 0.433 e. The van der Waals surface area contributed by atoms with Crippen LogP contribution in [0.1, 0.15) is 37.6 Å². The van der Waals surface area contributed by atoms with Crippen molar-refractivity contribution in [3.05, 3.63) is 45.7 Å². The van der Waals surface area contributed by atoms with Gasteiger partial charge in [-0.15, -0.1) is 0 Å². The quantitative estimate of drug-likeness (QED) is 0.254. The van der Waals surface area contributed by atoms with E-state index in [1.807, 2.05) is 0 Å². The highest BCUT2D eigenvalue weighted by Gasteiger charge is 2.40. The van der Waals surface area contributed by atoms with Crippen LogP contribution in [0.5, 0.6) is 5.88 Å². The average molecular weight is 554 g/mol. The molecule has 0 radical (unpaired) electrons. The van der Waals surface area contributed by atoms with E-state index in [0.29, 0.717) is 10.6 Å². The van der Waals surface area contributed by atoms with Crippen LogP contribution >= 0.6 is 11.6 Å². The highest BCUT2D eigenvalue weighted by atomic mass is 35.5. The first-order valence-electron chi connectivity index (χ1n) is 9.60. The fourth-order valence-corrected chi connectivity index (χ4v) is 2.70. The Labute approximate surface area is 202 Å². The molecule has 0 bridgehead atoms. The second kappa shape index (κ2) is 9.82. The smallest absolute Gasteiger partial charge is 0.433 e. The van der Waals surface area contributed by atoms with Crippen molar-refractivity contribution in [1.82, 2.24) is 9.55 Å². The maximum atomic E-state index is 13.4. The third-order valence-corrected chi connectivity index (χ3v) is 4.71. The Hall–Kier alpha value is -2.97. The molecule has 2 rings (SSSR count). The summed E-state index contributed by atoms with van der Waals surface area (Å²) < 4.78 is 130. The van der Waals surface area contributed by atoms with Crippen LogP contribution in [-0.2, 0) is 35.1 Å². The summed E-state index contributed by atoms with van der Waals surface area (Å²) in [6, 6.07) is 0.253. The number of hydrogen-bond donors (Lipinski definition) is 0. The summed E-state index contributed by atoms with van der Waals surface area (Å²) >= 11 is 5.62. The molecule has 1 aromatic carbocycles. The number of rotatable bonds is 4. The van der Waals surface area contributed by atoms with Gasteiger partial charge in [-0.25, -0.2) is 9.98 Å². The molecule has 1 aromatic heterocycles. The normalized spacial score (nSPS) is 13.7. The van der Waals surface area contributed by atoms with Gasteiger partial charge in [0, 0.05) is 13.1 Å². The zero-order chi connectivity index (χ0) is 27.9. The number of hydrogen-bond acceptors (Lipinski definition) is 5. The second-order valence-electron chi connectivity index (χ2n) is 8.24. The fourth-order valence-electron chi connectivity index (χ4n) is 2.44. The van der Waals surface area contributed by atoms with E-state index in [2.05, 4.69) is 9.98 Å². The van der Waals surface area contributed by atoms with Gasteiger partial charge in [0.25, 0.3) is 0 Å². The largest absolute Gasteiger partial charge is 0.442 e. The monoisotopic (exact) mass is 553 g/mol. The standard InChI is InChI=1S/C20H17ClF9N3O3/c1-17(2,3)15(34)36-8-35-13-7-12(20(28,29)30)32-16(33(13)4)31-11-6-9(18(22,23)24)5-10(14(11)21)19(25,26)27/h5-7H,8H2,1-4H3. The molecule has 0 aliphatic carbocycles. The minimum absolute atomic E-state index is 0.130.